The number of anilines is 1. The van der Waals surface area contributed by atoms with Gasteiger partial charge in [-0.2, -0.15) is 5.10 Å². The molecule has 236 valence electrons. The summed E-state index contributed by atoms with van der Waals surface area (Å²) in [5, 5.41) is 11.2. The van der Waals surface area contributed by atoms with Gasteiger partial charge >= 0.3 is 6.09 Å². The summed E-state index contributed by atoms with van der Waals surface area (Å²) >= 11 is 0. The molecule has 3 aromatic rings. The van der Waals surface area contributed by atoms with Crippen LogP contribution in [-0.4, -0.2) is 86.9 Å². The topological polar surface area (TPSA) is 135 Å². The van der Waals surface area contributed by atoms with Crippen molar-refractivity contribution in [2.45, 2.75) is 72.6 Å². The van der Waals surface area contributed by atoms with Crippen LogP contribution in [0.3, 0.4) is 0 Å². The van der Waals surface area contributed by atoms with Crippen LogP contribution in [0, 0.1) is 11.8 Å². The van der Waals surface area contributed by atoms with Crippen molar-refractivity contribution in [2.75, 3.05) is 37.6 Å². The average molecular weight is 605 g/mol. The molecular weight excluding hydrogens is 560 g/mol. The third-order valence-corrected chi connectivity index (χ3v) is 8.21. The summed E-state index contributed by atoms with van der Waals surface area (Å²) in [5.41, 5.74) is 1.86. The number of nitrogens with one attached hydrogen (secondary N) is 2. The molecule has 0 bridgehead atoms. The number of hydrogen-bond acceptors (Lipinski definition) is 8. The van der Waals surface area contributed by atoms with Crippen molar-refractivity contribution in [1.82, 2.24) is 35.3 Å². The average Bonchev–Trinajstić information content (AvgIpc) is 3.40. The number of ether oxygens (including phenoxy) is 1. The van der Waals surface area contributed by atoms with Crippen LogP contribution < -0.4 is 15.5 Å². The number of amides is 3. The molecule has 12 heteroatoms. The van der Waals surface area contributed by atoms with Crippen molar-refractivity contribution in [3.63, 3.8) is 0 Å². The summed E-state index contributed by atoms with van der Waals surface area (Å²) < 4.78 is 7.37. The number of carbonyl (C=O) groups excluding carboxylic acids is 3. The smallest absolute Gasteiger partial charge is 0.410 e. The summed E-state index contributed by atoms with van der Waals surface area (Å²) in [4.78, 5) is 52.6. The number of carbonyl (C=O) groups is 3. The van der Waals surface area contributed by atoms with Crippen molar-refractivity contribution in [3.8, 4) is 11.3 Å². The summed E-state index contributed by atoms with van der Waals surface area (Å²) in [7, 11) is 0. The predicted octanol–water partition coefficient (Wildman–Crippen LogP) is 4.02. The van der Waals surface area contributed by atoms with E-state index in [2.05, 4.69) is 27.6 Å². The Morgan fingerprint density at radius 1 is 1.16 bits per heavy atom. The van der Waals surface area contributed by atoms with E-state index in [1.165, 1.54) is 0 Å². The highest BCUT2D eigenvalue weighted by molar-refractivity contribution is 6.07. The van der Waals surface area contributed by atoms with Gasteiger partial charge in [0.1, 0.15) is 11.4 Å². The molecule has 44 heavy (non-hydrogen) atoms. The highest BCUT2D eigenvalue weighted by Gasteiger charge is 2.33. The van der Waals surface area contributed by atoms with Gasteiger partial charge in [0.25, 0.3) is 5.91 Å². The van der Waals surface area contributed by atoms with Gasteiger partial charge in [-0.15, -0.1) is 0 Å². The predicted molar refractivity (Wildman–Crippen MR) is 168 cm³/mol. The minimum Gasteiger partial charge on any atom is -0.444 e. The van der Waals surface area contributed by atoms with Crippen LogP contribution >= 0.6 is 0 Å². The van der Waals surface area contributed by atoms with Gasteiger partial charge in [-0.1, -0.05) is 6.92 Å². The van der Waals surface area contributed by atoms with Crippen LogP contribution in [0.25, 0.3) is 22.3 Å². The molecule has 0 radical (unpaired) electrons. The Bertz CT molecular complexity index is 1540. The second kappa shape index (κ2) is 12.4. The first-order chi connectivity index (χ1) is 20.8. The summed E-state index contributed by atoms with van der Waals surface area (Å²) in [6.45, 7) is 16.1. The molecule has 2 aliphatic rings. The fraction of sp³-hybridized carbons (Fsp3) is 0.562. The lowest BCUT2D eigenvalue weighted by atomic mass is 9.84. The zero-order chi connectivity index (χ0) is 31.8. The van der Waals surface area contributed by atoms with Crippen LogP contribution in [0.1, 0.15) is 71.3 Å². The third kappa shape index (κ3) is 6.63. The number of piperazine rings is 1. The first kappa shape index (κ1) is 31.2. The zero-order valence-electron chi connectivity index (χ0n) is 26.8. The van der Waals surface area contributed by atoms with E-state index in [9.17, 15) is 14.4 Å². The summed E-state index contributed by atoms with van der Waals surface area (Å²) in [5.74, 6) is 0.277. The molecule has 3 unspecified atom stereocenters. The molecular formula is C32H44N8O4. The molecule has 5 rings (SSSR count). The molecule has 2 aliphatic heterocycles. The van der Waals surface area contributed by atoms with E-state index < -0.39 is 5.60 Å². The van der Waals surface area contributed by atoms with E-state index in [1.54, 1.807) is 23.4 Å². The zero-order valence-corrected chi connectivity index (χ0v) is 26.8. The molecule has 5 heterocycles. The minimum atomic E-state index is -0.557. The lowest BCUT2D eigenvalue weighted by molar-refractivity contribution is -0.129. The number of fused-ring (bicyclic) bond motifs is 1. The van der Waals surface area contributed by atoms with Gasteiger partial charge in [0.05, 0.1) is 28.8 Å². The number of aromatic nitrogens is 4. The Morgan fingerprint density at radius 2 is 1.89 bits per heavy atom. The standard InChI is InChI=1S/C32H44N8O4/c1-19(2)40-28-25(18-35-40)23(29(41)34-17-24-20(3)15-21(4)36-30(24)42)16-26(37-28)22-9-8-10-33-27(22)38-11-13-39(14-12-38)31(43)44-32(5,6)7/h8-10,16,18-21,24H,11-15,17H2,1-7H3,(H,34,41)(H,36,42). The number of piperidine rings is 1. The second-order valence-electron chi connectivity index (χ2n) is 13.2. The van der Waals surface area contributed by atoms with Gasteiger partial charge in [-0.05, 0) is 72.1 Å². The Balaban J connectivity index is 1.44. The maximum absolute atomic E-state index is 13.7. The minimum absolute atomic E-state index is 0.0224. The summed E-state index contributed by atoms with van der Waals surface area (Å²) in [6, 6.07) is 5.74. The molecule has 3 atom stereocenters. The first-order valence-electron chi connectivity index (χ1n) is 15.5. The molecule has 0 saturated carbocycles. The highest BCUT2D eigenvalue weighted by Crippen LogP contribution is 2.32. The van der Waals surface area contributed by atoms with Crippen LogP contribution in [0.15, 0.2) is 30.6 Å². The largest absolute Gasteiger partial charge is 0.444 e. The van der Waals surface area contributed by atoms with E-state index >= 15 is 0 Å². The normalized spacial score (nSPS) is 21.0. The van der Waals surface area contributed by atoms with Crippen molar-refractivity contribution in [3.05, 3.63) is 36.2 Å². The third-order valence-electron chi connectivity index (χ3n) is 8.21. The van der Waals surface area contributed by atoms with Gasteiger partial charge in [0.2, 0.25) is 5.91 Å². The van der Waals surface area contributed by atoms with Crippen LogP contribution in [0.5, 0.6) is 0 Å². The molecule has 2 fully saturated rings. The van der Waals surface area contributed by atoms with Crippen molar-refractivity contribution in [2.24, 2.45) is 11.8 Å². The van der Waals surface area contributed by atoms with E-state index in [0.717, 1.165) is 17.8 Å². The van der Waals surface area contributed by atoms with Crippen molar-refractivity contribution < 1.29 is 19.1 Å². The molecule has 3 aromatic heterocycles. The molecule has 3 amide bonds. The first-order valence-corrected chi connectivity index (χ1v) is 15.5. The molecule has 2 saturated heterocycles. The van der Waals surface area contributed by atoms with E-state index in [4.69, 9.17) is 14.7 Å². The molecule has 2 N–H and O–H groups in total. The van der Waals surface area contributed by atoms with E-state index in [-0.39, 0.29) is 48.4 Å². The van der Waals surface area contributed by atoms with Crippen LogP contribution in [0.4, 0.5) is 10.6 Å². The maximum atomic E-state index is 13.7. The monoisotopic (exact) mass is 604 g/mol. The number of pyridine rings is 2. The fourth-order valence-electron chi connectivity index (χ4n) is 5.98. The van der Waals surface area contributed by atoms with Crippen molar-refractivity contribution in [1.29, 1.82) is 0 Å². The maximum Gasteiger partial charge on any atom is 0.410 e. The quantitative estimate of drug-likeness (QED) is 0.431. The Hall–Kier alpha value is -4.22. The number of nitrogens with zero attached hydrogens (tertiary/aromatic N) is 6. The lowest BCUT2D eigenvalue weighted by Crippen LogP contribution is -2.50. The second-order valence-corrected chi connectivity index (χ2v) is 13.2. The Morgan fingerprint density at radius 3 is 2.55 bits per heavy atom. The number of hydrogen-bond donors (Lipinski definition) is 2. The fourth-order valence-corrected chi connectivity index (χ4v) is 5.98. The molecule has 0 spiro atoms. The highest BCUT2D eigenvalue weighted by atomic mass is 16.6. The van der Waals surface area contributed by atoms with Gasteiger partial charge in [-0.3, -0.25) is 9.59 Å². The van der Waals surface area contributed by atoms with Gasteiger partial charge in [0.15, 0.2) is 5.65 Å². The van der Waals surface area contributed by atoms with Gasteiger partial charge < -0.3 is 25.2 Å². The molecule has 0 aliphatic carbocycles. The Kier molecular flexibility index (Phi) is 8.80. The number of rotatable bonds is 6. The SMILES string of the molecule is CC1CC(C)C(CNC(=O)c2cc(-c3cccnc3N3CCN(C(=O)OC(C)(C)C)CC3)nc3c2cnn3C(C)C)C(=O)N1. The van der Waals surface area contributed by atoms with E-state index in [1.807, 2.05) is 58.4 Å². The Labute approximate surface area is 258 Å². The lowest BCUT2D eigenvalue weighted by Gasteiger charge is -2.36. The van der Waals surface area contributed by atoms with Gasteiger partial charge in [0, 0.05) is 56.6 Å². The van der Waals surface area contributed by atoms with Crippen LogP contribution in [0.2, 0.25) is 0 Å². The molecule has 12 nitrogen and oxygen atoms in total. The summed E-state index contributed by atoms with van der Waals surface area (Å²) in [6.07, 6.45) is 3.96. The van der Waals surface area contributed by atoms with E-state index in [0.29, 0.717) is 48.5 Å². The van der Waals surface area contributed by atoms with Crippen molar-refractivity contribution >= 4 is 34.8 Å². The van der Waals surface area contributed by atoms with Gasteiger partial charge in [-0.25, -0.2) is 19.4 Å². The molecule has 0 aromatic carbocycles. The van der Waals surface area contributed by atoms with Crippen LogP contribution in [-0.2, 0) is 9.53 Å².